The van der Waals surface area contributed by atoms with Crippen molar-refractivity contribution in [1.29, 1.82) is 0 Å². The second-order valence-corrected chi connectivity index (χ2v) is 7.81. The van der Waals surface area contributed by atoms with Crippen molar-refractivity contribution in [3.05, 3.63) is 35.4 Å². The van der Waals surface area contributed by atoms with Gasteiger partial charge in [0.05, 0.1) is 0 Å². The monoisotopic (exact) mass is 359 g/mol. The van der Waals surface area contributed by atoms with Crippen LogP contribution in [-0.4, -0.2) is 79.6 Å². The average Bonchev–Trinajstić information content (AvgIpc) is 2.69. The van der Waals surface area contributed by atoms with E-state index < -0.39 is 0 Å². The van der Waals surface area contributed by atoms with Crippen molar-refractivity contribution in [2.75, 3.05) is 58.9 Å². The molecule has 2 saturated heterocycles. The van der Waals surface area contributed by atoms with Gasteiger partial charge in [0, 0.05) is 58.4 Å². The van der Waals surface area contributed by atoms with Gasteiger partial charge in [-0.2, -0.15) is 0 Å². The lowest BCUT2D eigenvalue weighted by Gasteiger charge is -2.34. The zero-order valence-corrected chi connectivity index (χ0v) is 16.5. The van der Waals surface area contributed by atoms with Crippen LogP contribution in [0.5, 0.6) is 0 Å². The van der Waals surface area contributed by atoms with Gasteiger partial charge < -0.3 is 20.9 Å². The van der Waals surface area contributed by atoms with Crippen molar-refractivity contribution in [2.24, 2.45) is 5.73 Å². The molecule has 0 atom stereocenters. The fraction of sp³-hybridized carbons (Fsp3) is 0.714. The number of nitrogens with two attached hydrogens (primary N) is 1. The van der Waals surface area contributed by atoms with Crippen LogP contribution in [0, 0.1) is 0 Å². The lowest BCUT2D eigenvalue weighted by molar-refractivity contribution is 0.132. The Morgan fingerprint density at radius 2 is 1.50 bits per heavy atom. The smallest absolute Gasteiger partial charge is 0.0234 e. The van der Waals surface area contributed by atoms with Gasteiger partial charge in [0.1, 0.15) is 0 Å². The molecular formula is C21H37N5. The molecule has 2 heterocycles. The van der Waals surface area contributed by atoms with Crippen LogP contribution >= 0.6 is 0 Å². The van der Waals surface area contributed by atoms with Crippen LogP contribution in [-0.2, 0) is 13.1 Å². The summed E-state index contributed by atoms with van der Waals surface area (Å²) < 4.78 is 0. The van der Waals surface area contributed by atoms with Crippen LogP contribution in [0.2, 0.25) is 0 Å². The van der Waals surface area contributed by atoms with Gasteiger partial charge >= 0.3 is 0 Å². The summed E-state index contributed by atoms with van der Waals surface area (Å²) >= 11 is 0. The van der Waals surface area contributed by atoms with Gasteiger partial charge in [-0.1, -0.05) is 31.2 Å². The van der Waals surface area contributed by atoms with Crippen molar-refractivity contribution in [3.63, 3.8) is 0 Å². The second-order valence-electron chi connectivity index (χ2n) is 7.81. The third-order valence-electron chi connectivity index (χ3n) is 5.97. The molecule has 2 fully saturated rings. The predicted molar refractivity (Wildman–Crippen MR) is 109 cm³/mol. The van der Waals surface area contributed by atoms with E-state index in [1.165, 1.54) is 69.8 Å². The fourth-order valence-corrected chi connectivity index (χ4v) is 4.09. The summed E-state index contributed by atoms with van der Waals surface area (Å²) in [7, 11) is 0. The summed E-state index contributed by atoms with van der Waals surface area (Å²) in [5.41, 5.74) is 8.49. The van der Waals surface area contributed by atoms with E-state index in [1.807, 2.05) is 0 Å². The Hall–Kier alpha value is -0.980. The van der Waals surface area contributed by atoms with Crippen LogP contribution in [0.15, 0.2) is 24.3 Å². The summed E-state index contributed by atoms with van der Waals surface area (Å²) in [4.78, 5) is 7.59. The molecule has 0 aromatic heterocycles. The molecule has 3 rings (SSSR count). The highest BCUT2D eigenvalue weighted by Crippen LogP contribution is 2.13. The number of nitrogens with one attached hydrogen (secondary N) is 1. The SMILES string of the molecule is CCN1CCN(Cc2ccc(CNC3CCN(CCN)CC3)cc2)CC1. The first-order valence-corrected chi connectivity index (χ1v) is 10.4. The van der Waals surface area contributed by atoms with Gasteiger partial charge in [0.25, 0.3) is 0 Å². The molecule has 2 aliphatic rings. The molecule has 5 nitrogen and oxygen atoms in total. The summed E-state index contributed by atoms with van der Waals surface area (Å²) in [6.07, 6.45) is 2.48. The topological polar surface area (TPSA) is 47.8 Å². The van der Waals surface area contributed by atoms with Crippen LogP contribution in [0.3, 0.4) is 0 Å². The second kappa shape index (κ2) is 10.4. The van der Waals surface area contributed by atoms with Gasteiger partial charge in [-0.3, -0.25) is 4.90 Å². The number of nitrogens with zero attached hydrogens (tertiary/aromatic N) is 3. The molecule has 2 aliphatic heterocycles. The number of likely N-dealkylation sites (N-methyl/N-ethyl adjacent to an activating group) is 1. The first kappa shape index (κ1) is 19.8. The Morgan fingerprint density at radius 1 is 0.885 bits per heavy atom. The maximum atomic E-state index is 5.65. The average molecular weight is 360 g/mol. The Morgan fingerprint density at radius 3 is 2.12 bits per heavy atom. The lowest BCUT2D eigenvalue weighted by Crippen LogP contribution is -2.45. The van der Waals surface area contributed by atoms with Crippen molar-refractivity contribution >= 4 is 0 Å². The van der Waals surface area contributed by atoms with Gasteiger partial charge in [0.15, 0.2) is 0 Å². The maximum absolute atomic E-state index is 5.65. The van der Waals surface area contributed by atoms with E-state index in [0.29, 0.717) is 6.04 Å². The molecule has 5 heteroatoms. The highest BCUT2D eigenvalue weighted by atomic mass is 15.3. The molecule has 146 valence electrons. The predicted octanol–water partition coefficient (Wildman–Crippen LogP) is 1.34. The molecule has 0 bridgehead atoms. The van der Waals surface area contributed by atoms with Crippen LogP contribution in [0.4, 0.5) is 0 Å². The van der Waals surface area contributed by atoms with Gasteiger partial charge in [0.2, 0.25) is 0 Å². The normalized spacial score (nSPS) is 21.3. The molecule has 3 N–H and O–H groups in total. The standard InChI is InChI=1S/C21H37N5/c1-2-24-13-15-26(16-14-24)18-20-5-3-19(4-6-20)17-23-21-7-10-25(11-8-21)12-9-22/h3-6,21,23H,2,7-18,22H2,1H3. The molecule has 1 aromatic rings. The highest BCUT2D eigenvalue weighted by Gasteiger charge is 2.18. The number of piperidine rings is 1. The van der Waals surface area contributed by atoms with Crippen LogP contribution in [0.1, 0.15) is 30.9 Å². The summed E-state index contributed by atoms with van der Waals surface area (Å²) in [5, 5.41) is 3.74. The molecule has 0 radical (unpaired) electrons. The first-order chi connectivity index (χ1) is 12.8. The minimum Gasteiger partial charge on any atom is -0.329 e. The zero-order valence-electron chi connectivity index (χ0n) is 16.5. The van der Waals surface area contributed by atoms with E-state index in [9.17, 15) is 0 Å². The fourth-order valence-electron chi connectivity index (χ4n) is 4.09. The van der Waals surface area contributed by atoms with Crippen molar-refractivity contribution in [3.8, 4) is 0 Å². The van der Waals surface area contributed by atoms with Gasteiger partial charge in [-0.15, -0.1) is 0 Å². The molecule has 0 aliphatic carbocycles. The Bertz CT molecular complexity index is 502. The molecule has 0 spiro atoms. The van der Waals surface area contributed by atoms with Crippen molar-refractivity contribution < 1.29 is 0 Å². The Labute approximate surface area is 159 Å². The minimum absolute atomic E-state index is 0.651. The zero-order chi connectivity index (χ0) is 18.2. The largest absolute Gasteiger partial charge is 0.329 e. The van der Waals surface area contributed by atoms with Crippen LogP contribution < -0.4 is 11.1 Å². The number of rotatable bonds is 8. The first-order valence-electron chi connectivity index (χ1n) is 10.4. The molecule has 0 amide bonds. The molecule has 1 aromatic carbocycles. The van der Waals surface area contributed by atoms with Gasteiger partial charge in [-0.05, 0) is 43.6 Å². The Balaban J connectivity index is 1.37. The molecule has 0 unspecified atom stereocenters. The van der Waals surface area contributed by atoms with Gasteiger partial charge in [-0.25, -0.2) is 0 Å². The highest BCUT2D eigenvalue weighted by molar-refractivity contribution is 5.22. The van der Waals surface area contributed by atoms with E-state index >= 15 is 0 Å². The Kier molecular flexibility index (Phi) is 7.89. The number of hydrogen-bond donors (Lipinski definition) is 2. The van der Waals surface area contributed by atoms with Crippen molar-refractivity contribution in [1.82, 2.24) is 20.0 Å². The van der Waals surface area contributed by atoms with E-state index in [-0.39, 0.29) is 0 Å². The number of piperazine rings is 1. The molecule has 0 saturated carbocycles. The number of likely N-dealkylation sites (tertiary alicyclic amines) is 1. The van der Waals surface area contributed by atoms with E-state index in [2.05, 4.69) is 51.2 Å². The third kappa shape index (κ3) is 6.03. The maximum Gasteiger partial charge on any atom is 0.0234 e. The minimum atomic E-state index is 0.651. The van der Waals surface area contributed by atoms with E-state index in [4.69, 9.17) is 5.73 Å². The quantitative estimate of drug-likeness (QED) is 0.733. The van der Waals surface area contributed by atoms with Crippen LogP contribution in [0.25, 0.3) is 0 Å². The number of hydrogen-bond acceptors (Lipinski definition) is 5. The summed E-state index contributed by atoms with van der Waals surface area (Å²) in [6.45, 7) is 14.5. The summed E-state index contributed by atoms with van der Waals surface area (Å²) in [5.74, 6) is 0. The summed E-state index contributed by atoms with van der Waals surface area (Å²) in [6, 6.07) is 9.88. The molecule has 26 heavy (non-hydrogen) atoms. The van der Waals surface area contributed by atoms with E-state index in [0.717, 1.165) is 26.2 Å². The third-order valence-corrected chi connectivity index (χ3v) is 5.97. The molecular weight excluding hydrogens is 322 g/mol. The van der Waals surface area contributed by atoms with E-state index in [1.54, 1.807) is 0 Å². The van der Waals surface area contributed by atoms with Crippen molar-refractivity contribution in [2.45, 2.75) is 38.9 Å². The lowest BCUT2D eigenvalue weighted by atomic mass is 10.0. The number of benzene rings is 1.